The highest BCUT2D eigenvalue weighted by atomic mass is 35.5. The quantitative estimate of drug-likeness (QED) is 0.0961. The molecule has 9 nitrogen and oxygen atoms in total. The number of nitrogens with zero attached hydrogens (tertiary/aromatic N) is 3. The Morgan fingerprint density at radius 1 is 0.846 bits per heavy atom. The minimum Gasteiger partial charge on any atom is -0.422 e. The monoisotopic (exact) mass is 555 g/mol. The zero-order valence-electron chi connectivity index (χ0n) is 20.0. The van der Waals surface area contributed by atoms with Gasteiger partial charge in [0.1, 0.15) is 10.8 Å². The van der Waals surface area contributed by atoms with Crippen molar-refractivity contribution in [3.8, 4) is 16.3 Å². The Kier molecular flexibility index (Phi) is 7.67. The Bertz CT molecular complexity index is 1720. The molecule has 0 atom stereocenters. The molecule has 11 heteroatoms. The second kappa shape index (κ2) is 11.6. The summed E-state index contributed by atoms with van der Waals surface area (Å²) >= 11 is 7.27. The van der Waals surface area contributed by atoms with Gasteiger partial charge in [0.05, 0.1) is 16.8 Å². The third kappa shape index (κ3) is 5.98. The van der Waals surface area contributed by atoms with Gasteiger partial charge < -0.3 is 4.74 Å². The maximum atomic E-state index is 12.8. The third-order valence-electron chi connectivity index (χ3n) is 5.46. The molecule has 0 aliphatic rings. The Balaban J connectivity index is 1.31. The first-order valence-electron chi connectivity index (χ1n) is 11.5. The molecule has 192 valence electrons. The fourth-order valence-corrected chi connectivity index (χ4v) is 4.57. The van der Waals surface area contributed by atoms with Gasteiger partial charge in [0.2, 0.25) is 5.13 Å². The largest absolute Gasteiger partial charge is 0.422 e. The summed E-state index contributed by atoms with van der Waals surface area (Å²) < 4.78 is 5.62. The van der Waals surface area contributed by atoms with Gasteiger partial charge in [0.15, 0.2) is 0 Å². The standard InChI is InChI=1S/C28H18ClN5O4S/c29-22-13-7-6-12-20(22)27(37)38-23-15-14-17-8-4-5-11-19(17)21(23)16-30-32-25(36)24(35)31-28-34-33-26(39-28)18-9-2-1-3-10-18/h1-16H,(H,32,36)(H,31,34,35). The normalized spacial score (nSPS) is 10.9. The van der Waals surface area contributed by atoms with E-state index in [-0.39, 0.29) is 21.5 Å². The molecule has 0 spiro atoms. The minimum absolute atomic E-state index is 0.167. The summed E-state index contributed by atoms with van der Waals surface area (Å²) in [6.45, 7) is 0. The number of carbonyl (C=O) groups excluding carboxylic acids is 3. The van der Waals surface area contributed by atoms with Crippen LogP contribution in [-0.4, -0.2) is 34.2 Å². The molecule has 39 heavy (non-hydrogen) atoms. The number of amides is 2. The van der Waals surface area contributed by atoms with Crippen LogP contribution in [0.2, 0.25) is 5.02 Å². The summed E-state index contributed by atoms with van der Waals surface area (Å²) in [5.74, 6) is -2.44. The van der Waals surface area contributed by atoms with Gasteiger partial charge in [-0.2, -0.15) is 5.10 Å². The summed E-state index contributed by atoms with van der Waals surface area (Å²) in [4.78, 5) is 37.5. The first-order valence-corrected chi connectivity index (χ1v) is 12.7. The number of carbonyl (C=O) groups is 3. The number of ether oxygens (including phenoxy) is 1. The molecule has 1 heterocycles. The van der Waals surface area contributed by atoms with E-state index in [0.717, 1.165) is 22.3 Å². The Morgan fingerprint density at radius 2 is 1.59 bits per heavy atom. The molecule has 2 amide bonds. The van der Waals surface area contributed by atoms with Crippen LogP contribution >= 0.6 is 22.9 Å². The number of aromatic nitrogens is 2. The van der Waals surface area contributed by atoms with Gasteiger partial charge in [-0.05, 0) is 29.0 Å². The van der Waals surface area contributed by atoms with Crippen LogP contribution in [0.5, 0.6) is 5.75 Å². The molecule has 0 aliphatic heterocycles. The number of hydrogen-bond donors (Lipinski definition) is 2. The van der Waals surface area contributed by atoms with Crippen molar-refractivity contribution in [3.63, 3.8) is 0 Å². The van der Waals surface area contributed by atoms with E-state index in [2.05, 4.69) is 26.0 Å². The molecular weight excluding hydrogens is 538 g/mol. The number of esters is 1. The maximum Gasteiger partial charge on any atom is 0.345 e. The molecule has 0 aliphatic carbocycles. The number of rotatable bonds is 6. The number of fused-ring (bicyclic) bond motifs is 1. The van der Waals surface area contributed by atoms with Crippen molar-refractivity contribution in [2.45, 2.75) is 0 Å². The van der Waals surface area contributed by atoms with Crippen molar-refractivity contribution in [1.82, 2.24) is 15.6 Å². The van der Waals surface area contributed by atoms with E-state index >= 15 is 0 Å². The van der Waals surface area contributed by atoms with Crippen molar-refractivity contribution >= 4 is 62.8 Å². The molecule has 4 aromatic carbocycles. The first kappa shape index (κ1) is 25.7. The fourth-order valence-electron chi connectivity index (χ4n) is 3.61. The van der Waals surface area contributed by atoms with Crippen LogP contribution in [0.4, 0.5) is 5.13 Å². The lowest BCUT2D eigenvalue weighted by atomic mass is 10.0. The van der Waals surface area contributed by atoms with Crippen molar-refractivity contribution in [2.75, 3.05) is 5.32 Å². The van der Waals surface area contributed by atoms with E-state index in [0.29, 0.717) is 16.0 Å². The molecule has 0 saturated carbocycles. The van der Waals surface area contributed by atoms with Gasteiger partial charge in [0, 0.05) is 11.1 Å². The van der Waals surface area contributed by atoms with Crippen molar-refractivity contribution in [2.24, 2.45) is 5.10 Å². The number of benzene rings is 4. The number of anilines is 1. The molecule has 5 aromatic rings. The molecule has 2 N–H and O–H groups in total. The predicted molar refractivity (Wildman–Crippen MR) is 150 cm³/mol. The highest BCUT2D eigenvalue weighted by molar-refractivity contribution is 7.18. The zero-order valence-corrected chi connectivity index (χ0v) is 21.6. The van der Waals surface area contributed by atoms with E-state index in [1.807, 2.05) is 54.6 Å². The molecule has 0 saturated heterocycles. The SMILES string of the molecule is O=C(NN=Cc1c(OC(=O)c2ccccc2Cl)ccc2ccccc12)C(=O)Nc1nnc(-c2ccccc2)s1. The average molecular weight is 556 g/mol. The third-order valence-corrected chi connectivity index (χ3v) is 6.68. The zero-order chi connectivity index (χ0) is 27.2. The van der Waals surface area contributed by atoms with Crippen LogP contribution in [-0.2, 0) is 9.59 Å². The minimum atomic E-state index is -1.02. The van der Waals surface area contributed by atoms with E-state index in [1.165, 1.54) is 6.21 Å². The second-order valence-electron chi connectivity index (χ2n) is 8.00. The van der Waals surface area contributed by atoms with Crippen LogP contribution in [0.25, 0.3) is 21.3 Å². The highest BCUT2D eigenvalue weighted by Crippen LogP contribution is 2.28. The Labute approximate surface area is 231 Å². The fraction of sp³-hybridized carbons (Fsp3) is 0. The molecule has 1 aromatic heterocycles. The van der Waals surface area contributed by atoms with E-state index in [1.54, 1.807) is 36.4 Å². The summed E-state index contributed by atoms with van der Waals surface area (Å²) in [7, 11) is 0. The molecule has 0 radical (unpaired) electrons. The van der Waals surface area contributed by atoms with Crippen LogP contribution in [0.3, 0.4) is 0 Å². The van der Waals surface area contributed by atoms with Crippen molar-refractivity contribution < 1.29 is 19.1 Å². The summed E-state index contributed by atoms with van der Waals surface area (Å²) in [5.41, 5.74) is 3.65. The lowest BCUT2D eigenvalue weighted by Crippen LogP contribution is -2.32. The van der Waals surface area contributed by atoms with E-state index in [4.69, 9.17) is 16.3 Å². The van der Waals surface area contributed by atoms with Gasteiger partial charge in [-0.15, -0.1) is 10.2 Å². The predicted octanol–water partition coefficient (Wildman–Crippen LogP) is 5.32. The second-order valence-corrected chi connectivity index (χ2v) is 9.38. The van der Waals surface area contributed by atoms with Crippen LogP contribution in [0, 0.1) is 0 Å². The topological polar surface area (TPSA) is 123 Å². The lowest BCUT2D eigenvalue weighted by molar-refractivity contribution is -0.136. The van der Waals surface area contributed by atoms with Gasteiger partial charge in [0.25, 0.3) is 0 Å². The van der Waals surface area contributed by atoms with Crippen molar-refractivity contribution in [3.05, 3.63) is 107 Å². The number of hydrogen-bond acceptors (Lipinski definition) is 8. The summed E-state index contributed by atoms with van der Waals surface area (Å²) in [6, 6.07) is 26.6. The number of hydrazone groups is 1. The summed E-state index contributed by atoms with van der Waals surface area (Å²) in [6.07, 6.45) is 1.31. The highest BCUT2D eigenvalue weighted by Gasteiger charge is 2.18. The smallest absolute Gasteiger partial charge is 0.345 e. The molecular formula is C28H18ClN5O4S. The van der Waals surface area contributed by atoms with Gasteiger partial charge in [-0.1, -0.05) is 95.7 Å². The average Bonchev–Trinajstić information content (AvgIpc) is 3.43. The molecule has 5 rings (SSSR count). The van der Waals surface area contributed by atoms with Crippen LogP contribution < -0.4 is 15.5 Å². The van der Waals surface area contributed by atoms with Crippen LogP contribution in [0.1, 0.15) is 15.9 Å². The molecule has 0 bridgehead atoms. The van der Waals surface area contributed by atoms with Crippen molar-refractivity contribution in [1.29, 1.82) is 0 Å². The van der Waals surface area contributed by atoms with Gasteiger partial charge in [-0.25, -0.2) is 10.2 Å². The first-order chi connectivity index (χ1) is 19.0. The Hall–Kier alpha value is -4.93. The maximum absolute atomic E-state index is 12.8. The lowest BCUT2D eigenvalue weighted by Gasteiger charge is -2.11. The van der Waals surface area contributed by atoms with Gasteiger partial charge >= 0.3 is 17.8 Å². The van der Waals surface area contributed by atoms with Gasteiger partial charge in [-0.3, -0.25) is 14.9 Å². The van der Waals surface area contributed by atoms with Crippen LogP contribution in [0.15, 0.2) is 96.1 Å². The summed E-state index contributed by atoms with van der Waals surface area (Å²) in [5, 5.41) is 16.9. The number of halogens is 1. The van der Waals surface area contributed by atoms with E-state index < -0.39 is 17.8 Å². The number of nitrogens with one attached hydrogen (secondary N) is 2. The molecule has 0 fully saturated rings. The van der Waals surface area contributed by atoms with E-state index in [9.17, 15) is 14.4 Å². The Morgan fingerprint density at radius 3 is 2.41 bits per heavy atom. The molecule has 0 unspecified atom stereocenters.